The third-order valence-electron chi connectivity index (χ3n) is 7.89. The molecule has 0 aliphatic heterocycles. The molecule has 0 aliphatic carbocycles. The van der Waals surface area contributed by atoms with Crippen molar-refractivity contribution < 1.29 is 27.5 Å². The molecule has 0 saturated heterocycles. The van der Waals surface area contributed by atoms with E-state index in [1.165, 1.54) is 76.3 Å². The van der Waals surface area contributed by atoms with Gasteiger partial charge in [0, 0.05) is 19.5 Å². The van der Waals surface area contributed by atoms with Crippen molar-refractivity contribution in [3.05, 3.63) is 59.7 Å². The number of alkyl halides is 1. The van der Waals surface area contributed by atoms with Crippen LogP contribution in [0.2, 0.25) is 0 Å². The molecule has 2 aromatic carbocycles. The van der Waals surface area contributed by atoms with Crippen LogP contribution in [0.15, 0.2) is 53.4 Å². The van der Waals surface area contributed by atoms with Crippen molar-refractivity contribution in [3.63, 3.8) is 0 Å². The number of benzene rings is 2. The third kappa shape index (κ3) is 17.7. The number of ether oxygens (including phenoxy) is 1. The molecular weight excluding hydrogens is 638 g/mol. The fourth-order valence-electron chi connectivity index (χ4n) is 5.12. The second kappa shape index (κ2) is 23.4. The molecule has 0 aliphatic rings. The van der Waals surface area contributed by atoms with Gasteiger partial charge in [-0.25, -0.2) is 8.42 Å². The Morgan fingerprint density at radius 3 is 1.83 bits per heavy atom. The summed E-state index contributed by atoms with van der Waals surface area (Å²) in [5.74, 6) is -1.01. The fourth-order valence-corrected chi connectivity index (χ4v) is 6.41. The first-order valence-corrected chi connectivity index (χ1v) is 19.2. The molecule has 2 rings (SSSR count). The van der Waals surface area contributed by atoms with Gasteiger partial charge in [0.15, 0.2) is 0 Å². The number of hydrogen-bond acceptors (Lipinski definition) is 6. The van der Waals surface area contributed by atoms with E-state index >= 15 is 0 Å². The molecule has 0 heterocycles. The molecule has 1 atom stereocenters. The maximum Gasteiger partial charge on any atom is 0.311 e. The normalized spacial score (nSPS) is 12.0. The van der Waals surface area contributed by atoms with Gasteiger partial charge in [0.25, 0.3) is 0 Å². The van der Waals surface area contributed by atoms with Gasteiger partial charge in [-0.15, -0.1) is 11.6 Å². The van der Waals surface area contributed by atoms with Gasteiger partial charge in [-0.05, 0) is 49.6 Å². The zero-order chi connectivity index (χ0) is 34.3. The molecule has 0 aromatic heterocycles. The lowest BCUT2D eigenvalue weighted by Crippen LogP contribution is -2.49. The second-order valence-electron chi connectivity index (χ2n) is 12.1. The maximum absolute atomic E-state index is 13.1. The summed E-state index contributed by atoms with van der Waals surface area (Å²) < 4.78 is 34.2. The Morgan fingerprint density at radius 2 is 1.28 bits per heavy atom. The predicted octanol–water partition coefficient (Wildman–Crippen LogP) is 6.74. The molecule has 9 nitrogen and oxygen atoms in total. The van der Waals surface area contributed by atoms with Crippen molar-refractivity contribution in [3.8, 4) is 5.75 Å². The number of carbonyl (C=O) groups is 3. The Hall–Kier alpha value is -2.95. The Morgan fingerprint density at radius 1 is 0.745 bits per heavy atom. The molecule has 3 N–H and O–H groups in total. The van der Waals surface area contributed by atoms with E-state index in [2.05, 4.69) is 22.3 Å². The smallest absolute Gasteiger partial charge is 0.311 e. The minimum atomic E-state index is -4.01. The highest BCUT2D eigenvalue weighted by Gasteiger charge is 2.26. The molecular formula is C36H54ClN3O6S. The van der Waals surface area contributed by atoms with Gasteiger partial charge in [-0.1, -0.05) is 114 Å². The highest BCUT2D eigenvalue weighted by Crippen LogP contribution is 2.18. The zero-order valence-electron chi connectivity index (χ0n) is 28.2. The van der Waals surface area contributed by atoms with E-state index in [4.69, 9.17) is 16.3 Å². The lowest BCUT2D eigenvalue weighted by atomic mass is 10.0. The van der Waals surface area contributed by atoms with Crippen LogP contribution < -0.4 is 20.1 Å². The minimum Gasteiger partial charge on any atom is -0.427 e. The van der Waals surface area contributed by atoms with E-state index in [0.717, 1.165) is 24.8 Å². The summed E-state index contributed by atoms with van der Waals surface area (Å²) in [5.41, 5.74) is 1.57. The van der Waals surface area contributed by atoms with E-state index in [-0.39, 0.29) is 42.2 Å². The number of amides is 2. The van der Waals surface area contributed by atoms with Gasteiger partial charge in [-0.3, -0.25) is 14.4 Å². The SMILES string of the molecule is CCCCCCCCCCCCCCCC(=O)Oc1ccc(CC(NS(=O)(=O)c2ccc(C)cc2)C(=O)NCCNC(=O)CCl)cc1. The molecule has 0 fully saturated rings. The number of halogens is 1. The van der Waals surface area contributed by atoms with Crippen LogP contribution in [0.3, 0.4) is 0 Å². The summed E-state index contributed by atoms with van der Waals surface area (Å²) in [6, 6.07) is 11.9. The van der Waals surface area contributed by atoms with Gasteiger partial charge >= 0.3 is 5.97 Å². The van der Waals surface area contributed by atoms with Gasteiger partial charge < -0.3 is 15.4 Å². The van der Waals surface area contributed by atoms with Crippen LogP contribution in [0.1, 0.15) is 108 Å². The van der Waals surface area contributed by atoms with Crippen molar-refractivity contribution in [2.24, 2.45) is 0 Å². The van der Waals surface area contributed by atoms with Gasteiger partial charge in [0.1, 0.15) is 17.7 Å². The van der Waals surface area contributed by atoms with Crippen LogP contribution in [0, 0.1) is 6.92 Å². The van der Waals surface area contributed by atoms with Crippen LogP contribution in [0.5, 0.6) is 5.75 Å². The maximum atomic E-state index is 13.1. The van der Waals surface area contributed by atoms with E-state index in [9.17, 15) is 22.8 Å². The first kappa shape index (κ1) is 40.2. The van der Waals surface area contributed by atoms with Crippen LogP contribution in [0.4, 0.5) is 0 Å². The lowest BCUT2D eigenvalue weighted by Gasteiger charge is -2.19. The topological polar surface area (TPSA) is 131 Å². The predicted molar refractivity (Wildman–Crippen MR) is 188 cm³/mol. The van der Waals surface area contributed by atoms with Crippen LogP contribution in [0.25, 0.3) is 0 Å². The fraction of sp³-hybridized carbons (Fsp3) is 0.583. The highest BCUT2D eigenvalue weighted by atomic mass is 35.5. The first-order valence-electron chi connectivity index (χ1n) is 17.1. The number of unbranched alkanes of at least 4 members (excludes halogenated alkanes) is 12. The standard InChI is InChI=1S/C36H54ClN3O6S/c1-3-4-5-6-7-8-9-10-11-12-13-14-15-16-35(42)46-31-21-19-30(20-22-31)27-33(36(43)39-26-25-38-34(41)28-37)40-47(44,45)32-23-17-29(2)18-24-32/h17-24,33,40H,3-16,25-28H2,1-2H3,(H,38,41)(H,39,43). The van der Waals surface area contributed by atoms with Crippen LogP contribution in [-0.2, 0) is 30.8 Å². The Bertz CT molecular complexity index is 1300. The number of sulfonamides is 1. The molecule has 0 bridgehead atoms. The summed E-state index contributed by atoms with van der Waals surface area (Å²) in [5, 5.41) is 5.21. The quantitative estimate of drug-likeness (QED) is 0.0458. The highest BCUT2D eigenvalue weighted by molar-refractivity contribution is 7.89. The summed E-state index contributed by atoms with van der Waals surface area (Å²) in [4.78, 5) is 36.8. The van der Waals surface area contributed by atoms with E-state index < -0.39 is 22.0 Å². The number of aryl methyl sites for hydroxylation is 1. The Labute approximate surface area is 287 Å². The number of hydrogen-bond donors (Lipinski definition) is 3. The lowest BCUT2D eigenvalue weighted by molar-refractivity contribution is -0.134. The van der Waals surface area contributed by atoms with Crippen molar-refractivity contribution >= 4 is 39.4 Å². The molecule has 0 saturated carbocycles. The average molecular weight is 692 g/mol. The first-order chi connectivity index (χ1) is 22.6. The molecule has 2 aromatic rings. The molecule has 1 unspecified atom stereocenters. The second-order valence-corrected chi connectivity index (χ2v) is 14.1. The monoisotopic (exact) mass is 691 g/mol. The van der Waals surface area contributed by atoms with E-state index in [1.54, 1.807) is 36.4 Å². The molecule has 47 heavy (non-hydrogen) atoms. The average Bonchev–Trinajstić information content (AvgIpc) is 3.05. The summed E-state index contributed by atoms with van der Waals surface area (Å²) in [7, 11) is -4.01. The number of rotatable bonds is 25. The molecule has 0 spiro atoms. The number of nitrogens with one attached hydrogen (secondary N) is 3. The molecule has 2 amide bonds. The Balaban J connectivity index is 1.80. The molecule has 11 heteroatoms. The van der Waals surface area contributed by atoms with Gasteiger partial charge in [0.05, 0.1) is 4.90 Å². The minimum absolute atomic E-state index is 0.0426. The van der Waals surface area contributed by atoms with Crippen LogP contribution >= 0.6 is 11.6 Å². The summed E-state index contributed by atoms with van der Waals surface area (Å²) >= 11 is 5.48. The van der Waals surface area contributed by atoms with E-state index in [0.29, 0.717) is 17.7 Å². The van der Waals surface area contributed by atoms with Crippen molar-refractivity contribution in [2.75, 3.05) is 19.0 Å². The number of carbonyl (C=O) groups excluding carboxylic acids is 3. The molecule has 0 radical (unpaired) electrons. The van der Waals surface area contributed by atoms with Crippen molar-refractivity contribution in [1.82, 2.24) is 15.4 Å². The van der Waals surface area contributed by atoms with Crippen molar-refractivity contribution in [2.45, 2.75) is 121 Å². The summed E-state index contributed by atoms with van der Waals surface area (Å²) in [6.45, 7) is 4.34. The largest absolute Gasteiger partial charge is 0.427 e. The molecule has 262 valence electrons. The third-order valence-corrected chi connectivity index (χ3v) is 9.62. The van der Waals surface area contributed by atoms with E-state index in [1.807, 2.05) is 6.92 Å². The Kier molecular flexibility index (Phi) is 20.0. The zero-order valence-corrected chi connectivity index (χ0v) is 29.7. The van der Waals surface area contributed by atoms with Gasteiger partial charge in [-0.2, -0.15) is 4.72 Å². The number of esters is 1. The summed E-state index contributed by atoms with van der Waals surface area (Å²) in [6.07, 6.45) is 16.5. The van der Waals surface area contributed by atoms with Gasteiger partial charge in [0.2, 0.25) is 21.8 Å². The van der Waals surface area contributed by atoms with Crippen molar-refractivity contribution in [1.29, 1.82) is 0 Å². The van der Waals surface area contributed by atoms with Crippen LogP contribution in [-0.4, -0.2) is 51.2 Å².